The molecule has 148 valence electrons. The van der Waals surface area contributed by atoms with Gasteiger partial charge in [0.2, 0.25) is 5.91 Å². The number of para-hydroxylation sites is 1. The first-order chi connectivity index (χ1) is 13.7. The number of nitrogens with one attached hydrogen (secondary N) is 2. The second-order valence-electron chi connectivity index (χ2n) is 6.70. The number of ether oxygens (including phenoxy) is 2. The Bertz CT molecular complexity index is 804. The minimum absolute atomic E-state index is 0.0763. The molecule has 6 nitrogen and oxygen atoms in total. The van der Waals surface area contributed by atoms with E-state index in [1.165, 1.54) is 0 Å². The van der Waals surface area contributed by atoms with E-state index in [1.807, 2.05) is 24.3 Å². The van der Waals surface area contributed by atoms with Crippen LogP contribution in [-0.4, -0.2) is 31.6 Å². The topological polar surface area (TPSA) is 76.7 Å². The number of benzene rings is 2. The highest BCUT2D eigenvalue weighted by atomic mass is 16.5. The lowest BCUT2D eigenvalue weighted by molar-refractivity contribution is -0.121. The van der Waals surface area contributed by atoms with Crippen molar-refractivity contribution in [2.75, 3.05) is 19.8 Å². The molecule has 1 aliphatic rings. The highest BCUT2D eigenvalue weighted by molar-refractivity contribution is 5.96. The number of unbranched alkanes of at least 4 members (excludes halogenated alkanes) is 1. The fourth-order valence-corrected chi connectivity index (χ4v) is 3.04. The number of carbonyl (C=O) groups is 2. The second-order valence-corrected chi connectivity index (χ2v) is 6.70. The van der Waals surface area contributed by atoms with E-state index in [9.17, 15) is 9.59 Å². The average molecular weight is 382 g/mol. The Morgan fingerprint density at radius 3 is 2.71 bits per heavy atom. The van der Waals surface area contributed by atoms with E-state index in [4.69, 9.17) is 9.47 Å². The zero-order valence-corrected chi connectivity index (χ0v) is 16.1. The van der Waals surface area contributed by atoms with Crippen molar-refractivity contribution in [2.45, 2.75) is 32.2 Å². The van der Waals surface area contributed by atoms with Gasteiger partial charge in [0.25, 0.3) is 5.91 Å². The lowest BCUT2D eigenvalue weighted by atomic mass is 10.0. The maximum absolute atomic E-state index is 12.3. The SMILES string of the molecule is CCCCOc1ccc(C(=O)NCC(=O)N[C@@H]2CCOc3ccccc32)cc1. The molecule has 0 aliphatic carbocycles. The largest absolute Gasteiger partial charge is 0.494 e. The quantitative estimate of drug-likeness (QED) is 0.687. The Morgan fingerprint density at radius 1 is 1.14 bits per heavy atom. The third-order valence-electron chi connectivity index (χ3n) is 4.59. The molecule has 0 aromatic heterocycles. The minimum Gasteiger partial charge on any atom is -0.494 e. The molecule has 0 saturated heterocycles. The molecule has 0 bridgehead atoms. The van der Waals surface area contributed by atoms with Crippen molar-refractivity contribution < 1.29 is 19.1 Å². The molecule has 0 spiro atoms. The van der Waals surface area contributed by atoms with Crippen molar-refractivity contribution in [3.05, 3.63) is 59.7 Å². The van der Waals surface area contributed by atoms with Gasteiger partial charge in [0, 0.05) is 17.5 Å². The molecule has 1 atom stereocenters. The summed E-state index contributed by atoms with van der Waals surface area (Å²) in [4.78, 5) is 24.5. The number of hydrogen-bond acceptors (Lipinski definition) is 4. The van der Waals surface area contributed by atoms with Gasteiger partial charge in [-0.3, -0.25) is 9.59 Å². The smallest absolute Gasteiger partial charge is 0.251 e. The number of carbonyl (C=O) groups excluding carboxylic acids is 2. The van der Waals surface area contributed by atoms with Crippen LogP contribution in [0.25, 0.3) is 0 Å². The van der Waals surface area contributed by atoms with Crippen molar-refractivity contribution in [3.8, 4) is 11.5 Å². The van der Waals surface area contributed by atoms with Gasteiger partial charge in [-0.15, -0.1) is 0 Å². The molecular weight excluding hydrogens is 356 g/mol. The van der Waals surface area contributed by atoms with Crippen LogP contribution in [0.15, 0.2) is 48.5 Å². The van der Waals surface area contributed by atoms with Gasteiger partial charge in [-0.2, -0.15) is 0 Å². The Morgan fingerprint density at radius 2 is 1.93 bits per heavy atom. The predicted octanol–water partition coefficient (Wildman–Crippen LogP) is 3.24. The molecule has 2 aromatic rings. The summed E-state index contributed by atoms with van der Waals surface area (Å²) in [6.45, 7) is 3.25. The average Bonchev–Trinajstić information content (AvgIpc) is 2.73. The lowest BCUT2D eigenvalue weighted by Gasteiger charge is -2.26. The van der Waals surface area contributed by atoms with Crippen molar-refractivity contribution >= 4 is 11.8 Å². The van der Waals surface area contributed by atoms with E-state index < -0.39 is 0 Å². The molecule has 2 aromatic carbocycles. The van der Waals surface area contributed by atoms with Gasteiger partial charge >= 0.3 is 0 Å². The summed E-state index contributed by atoms with van der Waals surface area (Å²) in [7, 11) is 0. The molecule has 6 heteroatoms. The van der Waals surface area contributed by atoms with Gasteiger partial charge in [-0.05, 0) is 36.8 Å². The number of rotatable bonds is 8. The molecule has 2 amide bonds. The van der Waals surface area contributed by atoms with Crippen LogP contribution in [0.4, 0.5) is 0 Å². The van der Waals surface area contributed by atoms with Gasteiger partial charge in [0.15, 0.2) is 0 Å². The van der Waals surface area contributed by atoms with E-state index in [0.717, 1.165) is 29.9 Å². The fourth-order valence-electron chi connectivity index (χ4n) is 3.04. The molecule has 0 fully saturated rings. The van der Waals surface area contributed by atoms with Crippen LogP contribution in [0.1, 0.15) is 48.1 Å². The predicted molar refractivity (Wildman–Crippen MR) is 107 cm³/mol. The molecule has 1 aliphatic heterocycles. The molecule has 0 unspecified atom stereocenters. The third kappa shape index (κ3) is 5.25. The number of hydrogen-bond donors (Lipinski definition) is 2. The molecule has 28 heavy (non-hydrogen) atoms. The number of fused-ring (bicyclic) bond motifs is 1. The van der Waals surface area contributed by atoms with E-state index >= 15 is 0 Å². The summed E-state index contributed by atoms with van der Waals surface area (Å²) in [6, 6.07) is 14.5. The Hall–Kier alpha value is -3.02. The molecule has 0 saturated carbocycles. The van der Waals surface area contributed by atoms with Crippen LogP contribution >= 0.6 is 0 Å². The van der Waals surface area contributed by atoms with Crippen LogP contribution in [0.3, 0.4) is 0 Å². The third-order valence-corrected chi connectivity index (χ3v) is 4.59. The first kappa shape index (κ1) is 19.7. The molecular formula is C22H26N2O4. The number of amides is 2. The van der Waals surface area contributed by atoms with Crippen LogP contribution in [-0.2, 0) is 4.79 Å². The summed E-state index contributed by atoms with van der Waals surface area (Å²) >= 11 is 0. The van der Waals surface area contributed by atoms with Crippen LogP contribution < -0.4 is 20.1 Å². The van der Waals surface area contributed by atoms with E-state index in [-0.39, 0.29) is 24.4 Å². The van der Waals surface area contributed by atoms with Gasteiger partial charge in [0.05, 0.1) is 25.8 Å². The Balaban J connectivity index is 1.47. The lowest BCUT2D eigenvalue weighted by Crippen LogP contribution is -2.39. The molecule has 0 radical (unpaired) electrons. The summed E-state index contributed by atoms with van der Waals surface area (Å²) in [6.07, 6.45) is 2.77. The van der Waals surface area contributed by atoms with Gasteiger partial charge < -0.3 is 20.1 Å². The zero-order chi connectivity index (χ0) is 19.8. The highest BCUT2D eigenvalue weighted by Crippen LogP contribution is 2.31. The van der Waals surface area contributed by atoms with Crippen LogP contribution in [0.2, 0.25) is 0 Å². The second kappa shape index (κ2) is 9.78. The molecule has 2 N–H and O–H groups in total. The first-order valence-electron chi connectivity index (χ1n) is 9.69. The van der Waals surface area contributed by atoms with E-state index in [0.29, 0.717) is 25.2 Å². The Kier molecular flexibility index (Phi) is 6.89. The maximum Gasteiger partial charge on any atom is 0.251 e. The van der Waals surface area contributed by atoms with Gasteiger partial charge in [-0.1, -0.05) is 31.5 Å². The molecule has 3 rings (SSSR count). The van der Waals surface area contributed by atoms with Gasteiger partial charge in [-0.25, -0.2) is 0 Å². The maximum atomic E-state index is 12.3. The Labute approximate surface area is 165 Å². The zero-order valence-electron chi connectivity index (χ0n) is 16.1. The van der Waals surface area contributed by atoms with E-state index in [1.54, 1.807) is 24.3 Å². The fraction of sp³-hybridized carbons (Fsp3) is 0.364. The van der Waals surface area contributed by atoms with Gasteiger partial charge in [0.1, 0.15) is 11.5 Å². The summed E-state index contributed by atoms with van der Waals surface area (Å²) in [5, 5.41) is 5.63. The monoisotopic (exact) mass is 382 g/mol. The van der Waals surface area contributed by atoms with Crippen molar-refractivity contribution in [1.29, 1.82) is 0 Å². The first-order valence-corrected chi connectivity index (χ1v) is 9.69. The summed E-state index contributed by atoms with van der Waals surface area (Å²) < 4.78 is 11.2. The van der Waals surface area contributed by atoms with E-state index in [2.05, 4.69) is 17.6 Å². The highest BCUT2D eigenvalue weighted by Gasteiger charge is 2.22. The summed E-state index contributed by atoms with van der Waals surface area (Å²) in [5.74, 6) is 1.02. The minimum atomic E-state index is -0.289. The van der Waals surface area contributed by atoms with Crippen molar-refractivity contribution in [2.24, 2.45) is 0 Å². The van der Waals surface area contributed by atoms with Crippen molar-refractivity contribution in [3.63, 3.8) is 0 Å². The van der Waals surface area contributed by atoms with Crippen molar-refractivity contribution in [1.82, 2.24) is 10.6 Å². The van der Waals surface area contributed by atoms with Crippen LogP contribution in [0.5, 0.6) is 11.5 Å². The van der Waals surface area contributed by atoms with Crippen LogP contribution in [0, 0.1) is 0 Å². The molecule has 1 heterocycles. The standard InChI is InChI=1S/C22H26N2O4/c1-2-3-13-27-17-10-8-16(9-11-17)22(26)23-15-21(25)24-19-12-14-28-20-7-5-4-6-18(19)20/h4-11,19H,2-3,12-15H2,1H3,(H,23,26)(H,24,25)/t19-/m1/s1. The normalized spacial score (nSPS) is 15.1. The summed E-state index contributed by atoms with van der Waals surface area (Å²) in [5.41, 5.74) is 1.46.